The van der Waals surface area contributed by atoms with Gasteiger partial charge in [-0.3, -0.25) is 4.79 Å². The first-order valence-corrected chi connectivity index (χ1v) is 5.57. The molecule has 1 aromatic heterocycles. The fraction of sp³-hybridized carbons (Fsp3) is 0.727. The van der Waals surface area contributed by atoms with Crippen LogP contribution < -0.4 is 0 Å². The zero-order valence-electron chi connectivity index (χ0n) is 9.31. The fourth-order valence-electron chi connectivity index (χ4n) is 2.24. The topological polar surface area (TPSA) is 47.8 Å². The number of carbonyl (C=O) groups is 1. The minimum atomic E-state index is 0.193. The SMILES string of the molecule is CC1CCC(C(=O)c2cnnn2C)CC1. The Morgan fingerprint density at radius 3 is 2.60 bits per heavy atom. The Balaban J connectivity index is 2.06. The number of hydrogen-bond acceptors (Lipinski definition) is 3. The summed E-state index contributed by atoms with van der Waals surface area (Å²) in [4.78, 5) is 12.1. The molecule has 0 N–H and O–H groups in total. The molecule has 1 saturated carbocycles. The van der Waals surface area contributed by atoms with Crippen LogP contribution in [0.15, 0.2) is 6.20 Å². The molecule has 1 aliphatic carbocycles. The minimum absolute atomic E-state index is 0.193. The monoisotopic (exact) mass is 207 g/mol. The van der Waals surface area contributed by atoms with Crippen molar-refractivity contribution in [3.8, 4) is 0 Å². The Morgan fingerprint density at radius 1 is 1.40 bits per heavy atom. The third kappa shape index (κ3) is 2.08. The highest BCUT2D eigenvalue weighted by molar-refractivity contribution is 5.96. The Kier molecular flexibility index (Phi) is 2.84. The van der Waals surface area contributed by atoms with Gasteiger partial charge in [-0.2, -0.15) is 0 Å². The van der Waals surface area contributed by atoms with E-state index in [0.29, 0.717) is 5.69 Å². The zero-order chi connectivity index (χ0) is 10.8. The van der Waals surface area contributed by atoms with Gasteiger partial charge < -0.3 is 0 Å². The van der Waals surface area contributed by atoms with Crippen molar-refractivity contribution in [1.29, 1.82) is 0 Å². The molecule has 15 heavy (non-hydrogen) atoms. The molecule has 0 radical (unpaired) electrons. The van der Waals surface area contributed by atoms with Gasteiger partial charge in [0.1, 0.15) is 5.69 Å². The molecular formula is C11H17N3O. The van der Waals surface area contributed by atoms with Crippen molar-refractivity contribution in [2.75, 3.05) is 0 Å². The van der Waals surface area contributed by atoms with E-state index in [9.17, 15) is 4.79 Å². The van der Waals surface area contributed by atoms with Crippen molar-refractivity contribution >= 4 is 5.78 Å². The lowest BCUT2D eigenvalue weighted by molar-refractivity contribution is 0.0866. The molecule has 4 nitrogen and oxygen atoms in total. The molecule has 82 valence electrons. The number of nitrogens with zero attached hydrogens (tertiary/aromatic N) is 3. The summed E-state index contributed by atoms with van der Waals surface area (Å²) in [6, 6.07) is 0. The maximum atomic E-state index is 12.1. The van der Waals surface area contributed by atoms with Crippen molar-refractivity contribution in [3.63, 3.8) is 0 Å². The van der Waals surface area contributed by atoms with Crippen LogP contribution in [0.4, 0.5) is 0 Å². The molecule has 0 amide bonds. The van der Waals surface area contributed by atoms with Crippen LogP contribution in [-0.4, -0.2) is 20.8 Å². The number of aryl methyl sites for hydroxylation is 1. The van der Waals surface area contributed by atoms with E-state index in [-0.39, 0.29) is 11.7 Å². The molecule has 1 fully saturated rings. The van der Waals surface area contributed by atoms with Crippen molar-refractivity contribution in [2.45, 2.75) is 32.6 Å². The highest BCUT2D eigenvalue weighted by Gasteiger charge is 2.26. The third-order valence-corrected chi connectivity index (χ3v) is 3.35. The average molecular weight is 207 g/mol. The van der Waals surface area contributed by atoms with E-state index >= 15 is 0 Å². The lowest BCUT2D eigenvalue weighted by Crippen LogP contribution is -2.22. The number of rotatable bonds is 2. The van der Waals surface area contributed by atoms with Gasteiger partial charge in [-0.15, -0.1) is 5.10 Å². The van der Waals surface area contributed by atoms with Crippen molar-refractivity contribution in [3.05, 3.63) is 11.9 Å². The van der Waals surface area contributed by atoms with Crippen LogP contribution in [0.5, 0.6) is 0 Å². The van der Waals surface area contributed by atoms with E-state index in [1.165, 1.54) is 12.8 Å². The van der Waals surface area contributed by atoms with E-state index in [1.54, 1.807) is 17.9 Å². The van der Waals surface area contributed by atoms with Gasteiger partial charge in [-0.05, 0) is 18.8 Å². The first kappa shape index (κ1) is 10.3. The molecule has 0 bridgehead atoms. The Hall–Kier alpha value is -1.19. The maximum Gasteiger partial charge on any atom is 0.185 e. The maximum absolute atomic E-state index is 12.1. The molecule has 1 aromatic rings. The Morgan fingerprint density at radius 2 is 2.07 bits per heavy atom. The van der Waals surface area contributed by atoms with E-state index in [4.69, 9.17) is 0 Å². The van der Waals surface area contributed by atoms with Crippen molar-refractivity contribution in [1.82, 2.24) is 15.0 Å². The summed E-state index contributed by atoms with van der Waals surface area (Å²) in [6.07, 6.45) is 5.94. The highest BCUT2D eigenvalue weighted by Crippen LogP contribution is 2.30. The first-order valence-electron chi connectivity index (χ1n) is 5.57. The predicted octanol–water partition coefficient (Wildman–Crippen LogP) is 1.82. The van der Waals surface area contributed by atoms with Crippen molar-refractivity contribution < 1.29 is 4.79 Å². The number of hydrogen-bond donors (Lipinski definition) is 0. The van der Waals surface area contributed by atoms with Crippen LogP contribution in [0.1, 0.15) is 43.1 Å². The summed E-state index contributed by atoms with van der Waals surface area (Å²) in [5.74, 6) is 1.19. The molecule has 0 aromatic carbocycles. The van der Waals surface area contributed by atoms with Crippen LogP contribution in [0, 0.1) is 11.8 Å². The molecule has 0 saturated heterocycles. The normalized spacial score (nSPS) is 26.5. The first-order chi connectivity index (χ1) is 7.18. The minimum Gasteiger partial charge on any atom is -0.292 e. The van der Waals surface area contributed by atoms with Crippen LogP contribution >= 0.6 is 0 Å². The van der Waals surface area contributed by atoms with E-state index < -0.39 is 0 Å². The second-order valence-electron chi connectivity index (χ2n) is 4.56. The zero-order valence-corrected chi connectivity index (χ0v) is 9.31. The van der Waals surface area contributed by atoms with Crippen LogP contribution in [0.25, 0.3) is 0 Å². The Bertz CT molecular complexity index is 350. The number of carbonyl (C=O) groups excluding carboxylic acids is 1. The molecule has 0 unspecified atom stereocenters. The predicted molar refractivity (Wildman–Crippen MR) is 56.5 cm³/mol. The number of Topliss-reactive ketones (excluding diaryl/α,β-unsaturated/α-hetero) is 1. The molecule has 2 rings (SSSR count). The smallest absolute Gasteiger partial charge is 0.185 e. The molecular weight excluding hydrogens is 190 g/mol. The summed E-state index contributed by atoms with van der Waals surface area (Å²) < 4.78 is 1.57. The quantitative estimate of drug-likeness (QED) is 0.695. The lowest BCUT2D eigenvalue weighted by atomic mass is 9.80. The van der Waals surface area contributed by atoms with Gasteiger partial charge in [0.2, 0.25) is 0 Å². The summed E-state index contributed by atoms with van der Waals surface area (Å²) in [6.45, 7) is 2.26. The van der Waals surface area contributed by atoms with Gasteiger partial charge in [0.15, 0.2) is 5.78 Å². The van der Waals surface area contributed by atoms with Crippen LogP contribution in [0.2, 0.25) is 0 Å². The van der Waals surface area contributed by atoms with Gasteiger partial charge in [-0.1, -0.05) is 25.0 Å². The summed E-state index contributed by atoms with van der Waals surface area (Å²) >= 11 is 0. The molecule has 0 aliphatic heterocycles. The Labute approximate surface area is 89.7 Å². The standard InChI is InChI=1S/C11H17N3O/c1-8-3-5-9(6-4-8)11(15)10-7-12-13-14(10)2/h7-9H,3-6H2,1-2H3. The average Bonchev–Trinajstić information content (AvgIpc) is 2.65. The van der Waals surface area contributed by atoms with Crippen molar-refractivity contribution in [2.24, 2.45) is 18.9 Å². The number of ketones is 1. The van der Waals surface area contributed by atoms with Gasteiger partial charge in [0, 0.05) is 13.0 Å². The fourth-order valence-corrected chi connectivity index (χ4v) is 2.24. The molecule has 0 atom stereocenters. The molecule has 1 heterocycles. The molecule has 4 heteroatoms. The van der Waals surface area contributed by atoms with Gasteiger partial charge in [0.05, 0.1) is 6.20 Å². The largest absolute Gasteiger partial charge is 0.292 e. The summed E-state index contributed by atoms with van der Waals surface area (Å²) in [5, 5.41) is 7.54. The second-order valence-corrected chi connectivity index (χ2v) is 4.56. The molecule has 1 aliphatic rings. The third-order valence-electron chi connectivity index (χ3n) is 3.35. The van der Waals surface area contributed by atoms with Gasteiger partial charge >= 0.3 is 0 Å². The van der Waals surface area contributed by atoms with Crippen LogP contribution in [0.3, 0.4) is 0 Å². The lowest BCUT2D eigenvalue weighted by Gasteiger charge is -2.24. The van der Waals surface area contributed by atoms with E-state index in [0.717, 1.165) is 18.8 Å². The van der Waals surface area contributed by atoms with Gasteiger partial charge in [0.25, 0.3) is 0 Å². The number of aromatic nitrogens is 3. The van der Waals surface area contributed by atoms with Crippen LogP contribution in [-0.2, 0) is 7.05 Å². The summed E-state index contributed by atoms with van der Waals surface area (Å²) in [7, 11) is 1.77. The highest BCUT2D eigenvalue weighted by atomic mass is 16.1. The van der Waals surface area contributed by atoms with Gasteiger partial charge in [-0.25, -0.2) is 4.68 Å². The second kappa shape index (κ2) is 4.13. The molecule has 0 spiro atoms. The summed E-state index contributed by atoms with van der Waals surface area (Å²) in [5.41, 5.74) is 0.648. The van der Waals surface area contributed by atoms with E-state index in [1.807, 2.05) is 0 Å². The van der Waals surface area contributed by atoms with E-state index in [2.05, 4.69) is 17.2 Å².